The van der Waals surface area contributed by atoms with Crippen LogP contribution in [0, 0.1) is 0 Å². The summed E-state index contributed by atoms with van der Waals surface area (Å²) in [6, 6.07) is 12.9. The number of hydrogen-bond donors (Lipinski definition) is 1. The van der Waals surface area contributed by atoms with Gasteiger partial charge in [0.2, 0.25) is 0 Å². The molecule has 5 nitrogen and oxygen atoms in total. The van der Waals surface area contributed by atoms with Gasteiger partial charge in [0.05, 0.1) is 6.54 Å². The summed E-state index contributed by atoms with van der Waals surface area (Å²) in [5.74, 6) is 1.80. The van der Waals surface area contributed by atoms with E-state index in [1.807, 2.05) is 18.5 Å². The molecule has 2 aromatic heterocycles. The third-order valence-electron chi connectivity index (χ3n) is 5.03. The molecule has 26 heavy (non-hydrogen) atoms. The van der Waals surface area contributed by atoms with Gasteiger partial charge in [0.25, 0.3) is 0 Å². The number of hydrogen-bond acceptors (Lipinski definition) is 4. The zero-order valence-electron chi connectivity index (χ0n) is 14.7. The zero-order valence-corrected chi connectivity index (χ0v) is 14.7. The number of amidine groups is 1. The standard InChI is InChI=1S/C21H20N4O/c1-2-25-19-4-3-16(26-13-21-23-7-8-24-21)11-18(19)17-9-15-12-22-6-5-14(15)10-20(17)25/h3-6,9-12H,2,7-8,13H2,1H3,(H,23,24). The van der Waals surface area contributed by atoms with Crippen molar-refractivity contribution in [2.45, 2.75) is 13.5 Å². The molecule has 4 aromatic rings. The Bertz CT molecular complexity index is 1160. The lowest BCUT2D eigenvalue weighted by Crippen LogP contribution is -2.24. The maximum atomic E-state index is 5.96. The first-order chi connectivity index (χ1) is 12.8. The van der Waals surface area contributed by atoms with Crippen LogP contribution in [-0.4, -0.2) is 35.1 Å². The second kappa shape index (κ2) is 6.02. The molecule has 5 heteroatoms. The third-order valence-corrected chi connectivity index (χ3v) is 5.03. The molecule has 0 bridgehead atoms. The summed E-state index contributed by atoms with van der Waals surface area (Å²) in [6.45, 7) is 5.35. The van der Waals surface area contributed by atoms with E-state index < -0.39 is 0 Å². The van der Waals surface area contributed by atoms with E-state index in [4.69, 9.17) is 4.74 Å². The first-order valence-electron chi connectivity index (χ1n) is 9.03. The molecule has 2 aromatic carbocycles. The van der Waals surface area contributed by atoms with E-state index in [1.54, 1.807) is 0 Å². The Morgan fingerprint density at radius 3 is 2.85 bits per heavy atom. The van der Waals surface area contributed by atoms with Gasteiger partial charge in [-0.15, -0.1) is 0 Å². The maximum absolute atomic E-state index is 5.96. The highest BCUT2D eigenvalue weighted by Gasteiger charge is 2.13. The number of pyridine rings is 1. The molecule has 0 unspecified atom stereocenters. The summed E-state index contributed by atoms with van der Waals surface area (Å²) < 4.78 is 8.32. The molecule has 1 N–H and O–H groups in total. The van der Waals surface area contributed by atoms with E-state index in [1.165, 1.54) is 27.2 Å². The van der Waals surface area contributed by atoms with Gasteiger partial charge in [0.15, 0.2) is 0 Å². The summed E-state index contributed by atoms with van der Waals surface area (Å²) in [5, 5.41) is 8.07. The number of aromatic nitrogens is 2. The number of aliphatic imine (C=N–C) groups is 1. The lowest BCUT2D eigenvalue weighted by molar-refractivity contribution is 0.374. The van der Waals surface area contributed by atoms with Gasteiger partial charge in [0.1, 0.15) is 18.2 Å². The Kier molecular flexibility index (Phi) is 3.52. The third kappa shape index (κ3) is 2.39. The molecule has 0 saturated heterocycles. The fourth-order valence-corrected chi connectivity index (χ4v) is 3.78. The van der Waals surface area contributed by atoms with Gasteiger partial charge in [-0.25, -0.2) is 0 Å². The molecule has 0 radical (unpaired) electrons. The molecular weight excluding hydrogens is 324 g/mol. The largest absolute Gasteiger partial charge is 0.486 e. The molecule has 0 fully saturated rings. The van der Waals surface area contributed by atoms with Crippen molar-refractivity contribution in [3.05, 3.63) is 48.8 Å². The summed E-state index contributed by atoms with van der Waals surface area (Å²) in [7, 11) is 0. The fraction of sp³-hybridized carbons (Fsp3) is 0.238. The Hall–Kier alpha value is -3.08. The minimum Gasteiger partial charge on any atom is -0.486 e. The maximum Gasteiger partial charge on any atom is 0.145 e. The van der Waals surface area contributed by atoms with E-state index in [9.17, 15) is 0 Å². The Balaban J connectivity index is 1.65. The van der Waals surface area contributed by atoms with E-state index in [0.717, 1.165) is 36.6 Å². The molecule has 0 atom stereocenters. The second-order valence-corrected chi connectivity index (χ2v) is 6.56. The van der Waals surface area contributed by atoms with Gasteiger partial charge < -0.3 is 14.6 Å². The van der Waals surface area contributed by atoms with Crippen LogP contribution in [0.1, 0.15) is 6.92 Å². The smallest absolute Gasteiger partial charge is 0.145 e. The first kappa shape index (κ1) is 15.2. The van der Waals surface area contributed by atoms with E-state index in [2.05, 4.69) is 57.1 Å². The molecule has 0 saturated carbocycles. The number of aryl methyl sites for hydroxylation is 1. The zero-order chi connectivity index (χ0) is 17.5. The van der Waals surface area contributed by atoms with Crippen LogP contribution in [-0.2, 0) is 6.54 Å². The van der Waals surface area contributed by atoms with Gasteiger partial charge in [-0.3, -0.25) is 9.98 Å². The minimum absolute atomic E-state index is 0.491. The van der Waals surface area contributed by atoms with Crippen LogP contribution in [0.15, 0.2) is 53.8 Å². The van der Waals surface area contributed by atoms with Crippen molar-refractivity contribution in [1.82, 2.24) is 14.9 Å². The number of nitrogens with zero attached hydrogens (tertiary/aromatic N) is 3. The fourth-order valence-electron chi connectivity index (χ4n) is 3.78. The highest BCUT2D eigenvalue weighted by molar-refractivity contribution is 6.12. The van der Waals surface area contributed by atoms with Crippen molar-refractivity contribution in [3.63, 3.8) is 0 Å². The number of fused-ring (bicyclic) bond motifs is 4. The second-order valence-electron chi connectivity index (χ2n) is 6.56. The van der Waals surface area contributed by atoms with Crippen molar-refractivity contribution in [3.8, 4) is 5.75 Å². The molecule has 0 aliphatic carbocycles. The predicted molar refractivity (Wildman–Crippen MR) is 106 cm³/mol. The molecule has 0 amide bonds. The molecular formula is C21H20N4O. The van der Waals surface area contributed by atoms with Crippen molar-refractivity contribution < 1.29 is 4.74 Å². The van der Waals surface area contributed by atoms with Crippen LogP contribution in [0.5, 0.6) is 5.75 Å². The van der Waals surface area contributed by atoms with Crippen LogP contribution >= 0.6 is 0 Å². The highest BCUT2D eigenvalue weighted by Crippen LogP contribution is 2.34. The van der Waals surface area contributed by atoms with E-state index in [0.29, 0.717) is 6.61 Å². The van der Waals surface area contributed by atoms with E-state index in [-0.39, 0.29) is 0 Å². The molecule has 3 heterocycles. The van der Waals surface area contributed by atoms with Crippen molar-refractivity contribution in [1.29, 1.82) is 0 Å². The minimum atomic E-state index is 0.491. The molecule has 1 aliphatic heterocycles. The molecule has 1 aliphatic rings. The molecule has 130 valence electrons. The molecule has 5 rings (SSSR count). The summed E-state index contributed by atoms with van der Waals surface area (Å²) >= 11 is 0. The number of benzene rings is 2. The first-order valence-corrected chi connectivity index (χ1v) is 9.03. The van der Waals surface area contributed by atoms with Crippen LogP contribution in [0.2, 0.25) is 0 Å². The SMILES string of the molecule is CCn1c2ccc(OCC3=NCCN3)cc2c2cc3cnccc3cc21. The van der Waals surface area contributed by atoms with Crippen LogP contribution < -0.4 is 10.1 Å². The Morgan fingerprint density at radius 2 is 2.00 bits per heavy atom. The number of ether oxygens (including phenoxy) is 1. The summed E-state index contributed by atoms with van der Waals surface area (Å²) in [6.07, 6.45) is 3.77. The number of nitrogens with one attached hydrogen (secondary N) is 1. The van der Waals surface area contributed by atoms with E-state index >= 15 is 0 Å². The Labute approximate surface area is 151 Å². The van der Waals surface area contributed by atoms with Crippen LogP contribution in [0.4, 0.5) is 0 Å². The highest BCUT2D eigenvalue weighted by atomic mass is 16.5. The van der Waals surface area contributed by atoms with Gasteiger partial charge in [-0.2, -0.15) is 0 Å². The monoisotopic (exact) mass is 344 g/mol. The average Bonchev–Trinajstić information content (AvgIpc) is 3.30. The predicted octanol–water partition coefficient (Wildman–Crippen LogP) is 3.74. The van der Waals surface area contributed by atoms with Gasteiger partial charge in [-0.05, 0) is 48.7 Å². The summed E-state index contributed by atoms with van der Waals surface area (Å²) in [4.78, 5) is 8.65. The quantitative estimate of drug-likeness (QED) is 0.613. The van der Waals surface area contributed by atoms with Gasteiger partial charge >= 0.3 is 0 Å². The van der Waals surface area contributed by atoms with Crippen LogP contribution in [0.25, 0.3) is 32.6 Å². The van der Waals surface area contributed by atoms with Crippen molar-refractivity contribution in [2.75, 3.05) is 19.7 Å². The Morgan fingerprint density at radius 1 is 1.08 bits per heavy atom. The summed E-state index contributed by atoms with van der Waals surface area (Å²) in [5.41, 5.74) is 2.48. The van der Waals surface area contributed by atoms with Gasteiger partial charge in [0, 0.05) is 52.7 Å². The normalized spacial score (nSPS) is 14.1. The average molecular weight is 344 g/mol. The lowest BCUT2D eigenvalue weighted by atomic mass is 10.1. The number of rotatable bonds is 4. The van der Waals surface area contributed by atoms with Crippen LogP contribution in [0.3, 0.4) is 0 Å². The van der Waals surface area contributed by atoms with Crippen molar-refractivity contribution >= 4 is 38.4 Å². The van der Waals surface area contributed by atoms with Gasteiger partial charge in [-0.1, -0.05) is 0 Å². The topological polar surface area (TPSA) is 51.4 Å². The molecule has 0 spiro atoms. The lowest BCUT2D eigenvalue weighted by Gasteiger charge is -2.07. The van der Waals surface area contributed by atoms with Crippen molar-refractivity contribution in [2.24, 2.45) is 4.99 Å².